The third kappa shape index (κ3) is 2.14. The van der Waals surface area contributed by atoms with E-state index in [1.165, 1.54) is 25.7 Å². The first-order chi connectivity index (χ1) is 12.4. The highest BCUT2D eigenvalue weighted by Gasteiger charge is 2.59. The maximum absolute atomic E-state index is 11.6. The molecule has 0 heterocycles. The molecule has 0 radical (unpaired) electrons. The summed E-state index contributed by atoms with van der Waals surface area (Å²) in [7, 11) is 0. The quantitative estimate of drug-likeness (QED) is 0.695. The largest absolute Gasteiger partial charge is 0.377 e. The summed E-state index contributed by atoms with van der Waals surface area (Å²) in [5, 5.41) is 23.1. The summed E-state index contributed by atoms with van der Waals surface area (Å²) in [5.74, 6) is 11.5. The van der Waals surface area contributed by atoms with Crippen LogP contribution in [0.3, 0.4) is 0 Å². The van der Waals surface area contributed by atoms with Gasteiger partial charge in [-0.25, -0.2) is 0 Å². The normalized spacial score (nSPS) is 58.3. The third-order valence-corrected chi connectivity index (χ3v) is 9.96. The van der Waals surface area contributed by atoms with Crippen LogP contribution >= 0.6 is 0 Å². The summed E-state index contributed by atoms with van der Waals surface area (Å²) < 4.78 is 0. The molecule has 0 spiro atoms. The highest BCUT2D eigenvalue weighted by atomic mass is 16.3. The summed E-state index contributed by atoms with van der Waals surface area (Å²) >= 11 is 0. The minimum absolute atomic E-state index is 0.00295. The number of rotatable bonds is 1. The van der Waals surface area contributed by atoms with Crippen molar-refractivity contribution in [3.8, 4) is 11.8 Å². The Bertz CT molecular complexity index is 615. The van der Waals surface area contributed by atoms with E-state index in [4.69, 9.17) is 0 Å². The lowest BCUT2D eigenvalue weighted by Gasteiger charge is -2.60. The average Bonchev–Trinajstić information content (AvgIpc) is 2.56. The molecule has 0 aromatic rings. The van der Waals surface area contributed by atoms with Crippen molar-refractivity contribution in [1.29, 1.82) is 0 Å². The molecule has 8 rings (SSSR count). The van der Waals surface area contributed by atoms with E-state index in [1.54, 1.807) is 0 Å². The van der Waals surface area contributed by atoms with Gasteiger partial charge in [0.2, 0.25) is 0 Å². The van der Waals surface area contributed by atoms with Crippen molar-refractivity contribution in [1.82, 2.24) is 0 Å². The fourth-order valence-corrected chi connectivity index (χ4v) is 9.17. The molecule has 2 nitrogen and oxygen atoms in total. The van der Waals surface area contributed by atoms with Gasteiger partial charge in [0, 0.05) is 5.41 Å². The lowest BCUT2D eigenvalue weighted by molar-refractivity contribution is -0.147. The standard InChI is InChI=1S/C24H34O2/c1-22(25,23-12-17-5-18(13-23)7-19(6-17)14-23)2-3-24(26)20-8-15-4-16(10-20)11-21(24)9-15/h15-21,25-26H,4-14H2,1H3/t15?,16?,17?,18?,19?,20?,21?,22-,23?,24?/m1/s1. The zero-order valence-electron chi connectivity index (χ0n) is 16.2. The number of hydrogen-bond acceptors (Lipinski definition) is 2. The molecule has 2 N–H and O–H groups in total. The van der Waals surface area contributed by atoms with Crippen LogP contribution in [0.5, 0.6) is 0 Å². The molecule has 8 bridgehead atoms. The van der Waals surface area contributed by atoms with E-state index in [2.05, 4.69) is 11.8 Å². The smallest absolute Gasteiger partial charge is 0.131 e. The van der Waals surface area contributed by atoms with E-state index in [0.29, 0.717) is 11.8 Å². The van der Waals surface area contributed by atoms with Gasteiger partial charge in [-0.1, -0.05) is 11.8 Å². The molecular weight excluding hydrogens is 320 g/mol. The zero-order chi connectivity index (χ0) is 17.7. The van der Waals surface area contributed by atoms with Crippen molar-refractivity contribution < 1.29 is 10.2 Å². The zero-order valence-corrected chi connectivity index (χ0v) is 16.2. The molecule has 0 saturated heterocycles. The van der Waals surface area contributed by atoms with Crippen molar-refractivity contribution in [3.63, 3.8) is 0 Å². The Morgan fingerprint density at radius 1 is 0.731 bits per heavy atom. The predicted molar refractivity (Wildman–Crippen MR) is 101 cm³/mol. The minimum atomic E-state index is -0.937. The predicted octanol–water partition coefficient (Wildman–Crippen LogP) is 4.14. The third-order valence-electron chi connectivity index (χ3n) is 9.96. The average molecular weight is 355 g/mol. The van der Waals surface area contributed by atoms with E-state index in [9.17, 15) is 10.2 Å². The van der Waals surface area contributed by atoms with Gasteiger partial charge in [0.25, 0.3) is 0 Å². The first-order valence-corrected chi connectivity index (χ1v) is 11.3. The highest BCUT2D eigenvalue weighted by molar-refractivity contribution is 5.30. The van der Waals surface area contributed by atoms with Crippen LogP contribution in [0.4, 0.5) is 0 Å². The molecule has 8 aliphatic rings. The van der Waals surface area contributed by atoms with Gasteiger partial charge in [-0.3, -0.25) is 0 Å². The first-order valence-electron chi connectivity index (χ1n) is 11.3. The Labute approximate surface area is 158 Å². The van der Waals surface area contributed by atoms with E-state index in [1.807, 2.05) is 6.92 Å². The second-order valence-corrected chi connectivity index (χ2v) is 11.6. The molecule has 1 atom stereocenters. The van der Waals surface area contributed by atoms with Crippen molar-refractivity contribution in [2.75, 3.05) is 0 Å². The fourth-order valence-electron chi connectivity index (χ4n) is 9.17. The van der Waals surface area contributed by atoms with Crippen LogP contribution in [0.2, 0.25) is 0 Å². The van der Waals surface area contributed by atoms with Crippen LogP contribution < -0.4 is 0 Å². The summed E-state index contributed by atoms with van der Waals surface area (Å²) in [6, 6.07) is 0. The maximum Gasteiger partial charge on any atom is 0.131 e. The van der Waals surface area contributed by atoms with Gasteiger partial charge in [-0.2, -0.15) is 0 Å². The lowest BCUT2D eigenvalue weighted by atomic mass is 9.45. The van der Waals surface area contributed by atoms with Gasteiger partial charge in [0.1, 0.15) is 11.2 Å². The van der Waals surface area contributed by atoms with Gasteiger partial charge in [-0.15, -0.1) is 0 Å². The summed E-state index contributed by atoms with van der Waals surface area (Å²) in [4.78, 5) is 0. The second-order valence-electron chi connectivity index (χ2n) is 11.6. The summed E-state index contributed by atoms with van der Waals surface area (Å²) in [6.45, 7) is 1.98. The van der Waals surface area contributed by atoms with Crippen LogP contribution in [-0.2, 0) is 0 Å². The molecular formula is C24H34O2. The Kier molecular flexibility index (Phi) is 3.22. The molecule has 0 aromatic heterocycles. The van der Waals surface area contributed by atoms with Crippen molar-refractivity contribution >= 4 is 0 Å². The van der Waals surface area contributed by atoms with Crippen molar-refractivity contribution in [3.05, 3.63) is 0 Å². The summed E-state index contributed by atoms with van der Waals surface area (Å²) in [6.07, 6.45) is 13.7. The van der Waals surface area contributed by atoms with Crippen LogP contribution in [-0.4, -0.2) is 21.4 Å². The molecule has 26 heavy (non-hydrogen) atoms. The van der Waals surface area contributed by atoms with E-state index >= 15 is 0 Å². The van der Waals surface area contributed by atoms with E-state index in [0.717, 1.165) is 74.5 Å². The Hall–Kier alpha value is -0.520. The highest BCUT2D eigenvalue weighted by Crippen LogP contribution is 2.64. The molecule has 0 amide bonds. The van der Waals surface area contributed by atoms with E-state index in [-0.39, 0.29) is 5.41 Å². The number of hydrogen-bond donors (Lipinski definition) is 2. The number of aliphatic hydroxyl groups is 2. The molecule has 0 unspecified atom stereocenters. The Balaban J connectivity index is 1.31. The SMILES string of the molecule is C[C@@](O)(C#CC1(O)C2CC3CC(C2)CC1C3)C12CC3CC(CC(C3)C1)C2. The topological polar surface area (TPSA) is 40.5 Å². The Morgan fingerprint density at radius 3 is 1.62 bits per heavy atom. The van der Waals surface area contributed by atoms with E-state index < -0.39 is 11.2 Å². The van der Waals surface area contributed by atoms with Gasteiger partial charge >= 0.3 is 0 Å². The second kappa shape index (κ2) is 5.09. The van der Waals surface area contributed by atoms with Crippen LogP contribution in [0.1, 0.15) is 77.6 Å². The maximum atomic E-state index is 11.6. The van der Waals surface area contributed by atoms with Crippen LogP contribution in [0.25, 0.3) is 0 Å². The lowest BCUT2D eigenvalue weighted by Crippen LogP contribution is -2.58. The molecule has 0 aliphatic heterocycles. The molecule has 8 saturated carbocycles. The fraction of sp³-hybridized carbons (Fsp3) is 0.917. The van der Waals surface area contributed by atoms with Crippen LogP contribution in [0, 0.1) is 58.7 Å². The molecule has 0 aromatic carbocycles. The van der Waals surface area contributed by atoms with Gasteiger partial charge in [0.05, 0.1) is 0 Å². The monoisotopic (exact) mass is 354 g/mol. The van der Waals surface area contributed by atoms with Gasteiger partial charge < -0.3 is 10.2 Å². The molecule has 8 aliphatic carbocycles. The molecule has 2 heteroatoms. The van der Waals surface area contributed by atoms with Gasteiger partial charge in [-0.05, 0) is 119 Å². The Morgan fingerprint density at radius 2 is 1.15 bits per heavy atom. The van der Waals surface area contributed by atoms with Gasteiger partial charge in [0.15, 0.2) is 0 Å². The molecule has 142 valence electrons. The summed E-state index contributed by atoms with van der Waals surface area (Å²) in [5.41, 5.74) is -1.76. The molecule has 8 fully saturated rings. The van der Waals surface area contributed by atoms with Crippen molar-refractivity contribution in [2.45, 2.75) is 88.8 Å². The van der Waals surface area contributed by atoms with Crippen molar-refractivity contribution in [2.24, 2.45) is 46.8 Å². The van der Waals surface area contributed by atoms with Crippen LogP contribution in [0.15, 0.2) is 0 Å². The minimum Gasteiger partial charge on any atom is -0.377 e. The first kappa shape index (κ1) is 16.4.